The maximum Gasteiger partial charge on any atom is 0.253 e. The van der Waals surface area contributed by atoms with Crippen LogP contribution in [0.3, 0.4) is 0 Å². The second-order valence-corrected chi connectivity index (χ2v) is 6.26. The first-order valence-electron chi connectivity index (χ1n) is 6.49. The number of nitrogens with two attached hydrogens (primary N) is 1. The van der Waals surface area contributed by atoms with Gasteiger partial charge in [0, 0.05) is 28.5 Å². The van der Waals surface area contributed by atoms with Gasteiger partial charge >= 0.3 is 0 Å². The lowest BCUT2D eigenvalue weighted by molar-refractivity contribution is 0.0666. The van der Waals surface area contributed by atoms with Gasteiger partial charge in [0.1, 0.15) is 5.84 Å². The van der Waals surface area contributed by atoms with Crippen LogP contribution >= 0.6 is 15.9 Å². The van der Waals surface area contributed by atoms with E-state index in [0.29, 0.717) is 31.5 Å². The molecule has 0 aliphatic carbocycles. The average Bonchev–Trinajstić information content (AvgIpc) is 2.47. The minimum absolute atomic E-state index is 0.0269. The average molecular weight is 340 g/mol. The van der Waals surface area contributed by atoms with Gasteiger partial charge in [-0.1, -0.05) is 28.0 Å². The molecule has 0 aromatic heterocycles. The fourth-order valence-electron chi connectivity index (χ4n) is 2.36. The first-order valence-corrected chi connectivity index (χ1v) is 7.28. The van der Waals surface area contributed by atoms with Crippen LogP contribution < -0.4 is 5.73 Å². The number of benzene rings is 1. The largest absolute Gasteiger partial charge is 0.409 e. The zero-order valence-corrected chi connectivity index (χ0v) is 12.9. The highest BCUT2D eigenvalue weighted by atomic mass is 79.9. The van der Waals surface area contributed by atoms with Crippen LogP contribution in [0.25, 0.3) is 0 Å². The van der Waals surface area contributed by atoms with Crippen molar-refractivity contribution in [3.8, 4) is 0 Å². The van der Waals surface area contributed by atoms with Gasteiger partial charge in [0.25, 0.3) is 5.91 Å². The Kier molecular flexibility index (Phi) is 4.32. The Hall–Kier alpha value is -1.56. The highest BCUT2D eigenvalue weighted by Gasteiger charge is 2.35. The van der Waals surface area contributed by atoms with Gasteiger partial charge < -0.3 is 15.8 Å². The number of piperidine rings is 1. The number of amides is 1. The zero-order valence-electron chi connectivity index (χ0n) is 11.3. The fourth-order valence-corrected chi connectivity index (χ4v) is 2.62. The molecular formula is C14H18BrN3O2. The smallest absolute Gasteiger partial charge is 0.253 e. The van der Waals surface area contributed by atoms with E-state index >= 15 is 0 Å². The Balaban J connectivity index is 2.04. The molecule has 1 aliphatic rings. The molecule has 20 heavy (non-hydrogen) atoms. The molecule has 3 N–H and O–H groups in total. The molecule has 5 nitrogen and oxygen atoms in total. The highest BCUT2D eigenvalue weighted by molar-refractivity contribution is 9.10. The number of halogens is 1. The normalized spacial score (nSPS) is 18.9. The maximum atomic E-state index is 12.4. The molecule has 1 aromatic rings. The molecule has 1 aliphatic heterocycles. The first kappa shape index (κ1) is 14.8. The molecule has 108 valence electrons. The summed E-state index contributed by atoms with van der Waals surface area (Å²) >= 11 is 3.35. The number of nitrogens with zero attached hydrogens (tertiary/aromatic N) is 2. The number of carbonyl (C=O) groups is 1. The van der Waals surface area contributed by atoms with Crippen LogP contribution in [-0.4, -0.2) is 34.9 Å². The van der Waals surface area contributed by atoms with Crippen molar-refractivity contribution in [1.29, 1.82) is 0 Å². The van der Waals surface area contributed by atoms with Crippen LogP contribution in [0.4, 0.5) is 0 Å². The van der Waals surface area contributed by atoms with E-state index in [-0.39, 0.29) is 17.2 Å². The Morgan fingerprint density at radius 3 is 2.40 bits per heavy atom. The molecule has 0 saturated carbocycles. The van der Waals surface area contributed by atoms with E-state index in [1.54, 1.807) is 0 Å². The van der Waals surface area contributed by atoms with Crippen LogP contribution in [0.1, 0.15) is 30.1 Å². The second kappa shape index (κ2) is 5.83. The van der Waals surface area contributed by atoms with Gasteiger partial charge in [0.15, 0.2) is 0 Å². The number of hydrogen-bond donors (Lipinski definition) is 2. The molecule has 6 heteroatoms. The molecule has 1 saturated heterocycles. The third-order valence-electron chi connectivity index (χ3n) is 3.97. The van der Waals surface area contributed by atoms with Crippen molar-refractivity contribution in [2.45, 2.75) is 19.8 Å². The number of carbonyl (C=O) groups excluding carboxylic acids is 1. The Morgan fingerprint density at radius 2 is 1.90 bits per heavy atom. The van der Waals surface area contributed by atoms with Crippen molar-refractivity contribution < 1.29 is 10.0 Å². The van der Waals surface area contributed by atoms with Gasteiger partial charge in [-0.2, -0.15) is 0 Å². The number of amidine groups is 1. The number of likely N-dealkylation sites (tertiary alicyclic amines) is 1. The van der Waals surface area contributed by atoms with Crippen LogP contribution in [0.5, 0.6) is 0 Å². The lowest BCUT2D eigenvalue weighted by Gasteiger charge is -2.38. The molecule has 1 fully saturated rings. The molecule has 1 amide bonds. The predicted octanol–water partition coefficient (Wildman–Crippen LogP) is 2.44. The van der Waals surface area contributed by atoms with Gasteiger partial charge in [-0.25, -0.2) is 0 Å². The molecule has 0 spiro atoms. The monoisotopic (exact) mass is 339 g/mol. The molecule has 1 heterocycles. The summed E-state index contributed by atoms with van der Waals surface area (Å²) in [5.41, 5.74) is 6.08. The Labute approximate surface area is 126 Å². The number of oxime groups is 1. The van der Waals surface area contributed by atoms with E-state index in [9.17, 15) is 4.79 Å². The van der Waals surface area contributed by atoms with Gasteiger partial charge in [-0.15, -0.1) is 0 Å². The summed E-state index contributed by atoms with van der Waals surface area (Å²) < 4.78 is 0.951. The van der Waals surface area contributed by atoms with Crippen molar-refractivity contribution in [3.63, 3.8) is 0 Å². The van der Waals surface area contributed by atoms with Gasteiger partial charge in [0.2, 0.25) is 0 Å². The maximum absolute atomic E-state index is 12.4. The van der Waals surface area contributed by atoms with Gasteiger partial charge in [-0.3, -0.25) is 4.79 Å². The van der Waals surface area contributed by atoms with Crippen molar-refractivity contribution in [1.82, 2.24) is 4.90 Å². The zero-order chi connectivity index (χ0) is 14.8. The number of rotatable bonds is 2. The fraction of sp³-hybridized carbons (Fsp3) is 0.429. The van der Waals surface area contributed by atoms with E-state index < -0.39 is 0 Å². The summed E-state index contributed by atoms with van der Waals surface area (Å²) in [7, 11) is 0. The standard InChI is InChI=1S/C14H18BrN3O2/c1-14(13(16)17-20)6-8-18(9-7-14)12(19)10-2-4-11(15)5-3-10/h2-5,20H,6-9H2,1H3,(H2,16,17). The lowest BCUT2D eigenvalue weighted by Crippen LogP contribution is -2.47. The van der Waals surface area contributed by atoms with E-state index in [1.807, 2.05) is 36.1 Å². The van der Waals surface area contributed by atoms with Gasteiger partial charge in [-0.05, 0) is 37.1 Å². The minimum Gasteiger partial charge on any atom is -0.409 e. The molecule has 0 radical (unpaired) electrons. The van der Waals surface area contributed by atoms with Crippen molar-refractivity contribution in [2.75, 3.05) is 13.1 Å². The van der Waals surface area contributed by atoms with Crippen LogP contribution in [0, 0.1) is 5.41 Å². The van der Waals surface area contributed by atoms with Crippen molar-refractivity contribution in [3.05, 3.63) is 34.3 Å². The molecular weight excluding hydrogens is 322 g/mol. The summed E-state index contributed by atoms with van der Waals surface area (Å²) in [5, 5.41) is 11.9. The third-order valence-corrected chi connectivity index (χ3v) is 4.50. The second-order valence-electron chi connectivity index (χ2n) is 5.34. The van der Waals surface area contributed by atoms with Crippen molar-refractivity contribution in [2.24, 2.45) is 16.3 Å². The first-order chi connectivity index (χ1) is 9.46. The van der Waals surface area contributed by atoms with E-state index in [2.05, 4.69) is 21.1 Å². The summed E-state index contributed by atoms with van der Waals surface area (Å²) in [5.74, 6) is 0.271. The molecule has 0 unspecified atom stereocenters. The SMILES string of the molecule is CC1(/C(N)=N/O)CCN(C(=O)c2ccc(Br)cc2)CC1. The third kappa shape index (κ3) is 2.95. The molecule has 0 atom stereocenters. The minimum atomic E-state index is -0.328. The van der Waals surface area contributed by atoms with E-state index in [1.165, 1.54) is 0 Å². The topological polar surface area (TPSA) is 78.9 Å². The predicted molar refractivity (Wildman–Crippen MR) is 80.8 cm³/mol. The summed E-state index contributed by atoms with van der Waals surface area (Å²) in [4.78, 5) is 14.2. The van der Waals surface area contributed by atoms with Gasteiger partial charge in [0.05, 0.1) is 0 Å². The summed E-state index contributed by atoms with van der Waals surface area (Å²) in [6.07, 6.45) is 1.40. The van der Waals surface area contributed by atoms with E-state index in [0.717, 1.165) is 4.47 Å². The van der Waals surface area contributed by atoms with Crippen molar-refractivity contribution >= 4 is 27.7 Å². The highest BCUT2D eigenvalue weighted by Crippen LogP contribution is 2.31. The van der Waals surface area contributed by atoms with Crippen LogP contribution in [0.15, 0.2) is 33.9 Å². The van der Waals surface area contributed by atoms with E-state index in [4.69, 9.17) is 10.9 Å². The summed E-state index contributed by atoms with van der Waals surface area (Å²) in [6, 6.07) is 7.34. The molecule has 1 aromatic carbocycles. The Morgan fingerprint density at radius 1 is 1.35 bits per heavy atom. The quantitative estimate of drug-likeness (QED) is 0.376. The molecule has 2 rings (SSSR count). The number of hydrogen-bond acceptors (Lipinski definition) is 3. The van der Waals surface area contributed by atoms with Crippen LogP contribution in [0.2, 0.25) is 0 Å². The van der Waals surface area contributed by atoms with Crippen LogP contribution in [-0.2, 0) is 0 Å². The Bertz CT molecular complexity index is 520. The lowest BCUT2D eigenvalue weighted by atomic mass is 9.79. The summed E-state index contributed by atoms with van der Waals surface area (Å²) in [6.45, 7) is 3.19. The molecule has 0 bridgehead atoms.